The third-order valence-corrected chi connectivity index (χ3v) is 1.61. The molecule has 1 aromatic heterocycles. The van der Waals surface area contributed by atoms with Crippen LogP contribution in [0, 0.1) is 0 Å². The molecule has 1 atom stereocenters. The van der Waals surface area contributed by atoms with E-state index in [1.165, 1.54) is 6.20 Å². The smallest absolute Gasteiger partial charge is 0.324 e. The third-order valence-electron chi connectivity index (χ3n) is 1.61. The molecule has 0 fully saturated rings. The van der Waals surface area contributed by atoms with E-state index < -0.39 is 17.8 Å². The van der Waals surface area contributed by atoms with E-state index in [0.717, 1.165) is 12.3 Å². The molecule has 1 aromatic rings. The van der Waals surface area contributed by atoms with Crippen molar-refractivity contribution in [3.05, 3.63) is 29.6 Å². The topological polar surface area (TPSA) is 38.9 Å². The van der Waals surface area contributed by atoms with E-state index in [1.807, 2.05) is 0 Å². The molecule has 0 aliphatic carbocycles. The molecule has 0 amide bonds. The highest BCUT2D eigenvalue weighted by Gasteiger charge is 2.31. The Labute approximate surface area is 73.6 Å². The highest BCUT2D eigenvalue weighted by atomic mass is 19.4. The lowest BCUT2D eigenvalue weighted by Crippen LogP contribution is -2.10. The van der Waals surface area contributed by atoms with E-state index in [-0.39, 0.29) is 0 Å². The van der Waals surface area contributed by atoms with Gasteiger partial charge >= 0.3 is 6.18 Å². The van der Waals surface area contributed by atoms with Gasteiger partial charge in [0.15, 0.2) is 0 Å². The molecule has 0 spiro atoms. The summed E-state index contributed by atoms with van der Waals surface area (Å²) >= 11 is 0. The van der Waals surface area contributed by atoms with Crippen LogP contribution >= 0.6 is 0 Å². The molecule has 0 saturated heterocycles. The van der Waals surface area contributed by atoms with Gasteiger partial charge < -0.3 is 5.73 Å². The van der Waals surface area contributed by atoms with Gasteiger partial charge in [-0.15, -0.1) is 0 Å². The summed E-state index contributed by atoms with van der Waals surface area (Å²) in [5.41, 5.74) is 5.04. The standard InChI is InChI=1S/C8H9F3N2/c1-5(12)6-2-7(4-13-3-6)8(9,10)11/h2-5H,12H2,1H3/t5-/m0/s1. The summed E-state index contributed by atoms with van der Waals surface area (Å²) in [6, 6.07) is 0.576. The van der Waals surface area contributed by atoms with Gasteiger partial charge in [-0.2, -0.15) is 13.2 Å². The van der Waals surface area contributed by atoms with Crippen LogP contribution in [-0.2, 0) is 6.18 Å². The predicted molar refractivity (Wildman–Crippen MR) is 41.8 cm³/mol. The predicted octanol–water partition coefficient (Wildman–Crippen LogP) is 2.12. The summed E-state index contributed by atoms with van der Waals surface area (Å²) in [5, 5.41) is 0. The van der Waals surface area contributed by atoms with Crippen molar-refractivity contribution < 1.29 is 13.2 Å². The van der Waals surface area contributed by atoms with Gasteiger partial charge in [-0.25, -0.2) is 0 Å². The highest BCUT2D eigenvalue weighted by Crippen LogP contribution is 2.29. The molecule has 0 bridgehead atoms. The maximum atomic E-state index is 12.2. The Balaban J connectivity index is 3.06. The molecule has 2 N–H and O–H groups in total. The van der Waals surface area contributed by atoms with Crippen molar-refractivity contribution in [1.29, 1.82) is 0 Å². The second-order valence-electron chi connectivity index (χ2n) is 2.79. The van der Waals surface area contributed by atoms with Crippen molar-refractivity contribution in [2.45, 2.75) is 19.1 Å². The van der Waals surface area contributed by atoms with Gasteiger partial charge in [-0.1, -0.05) is 0 Å². The third kappa shape index (κ3) is 2.42. The zero-order valence-corrected chi connectivity index (χ0v) is 6.97. The molecule has 5 heteroatoms. The maximum absolute atomic E-state index is 12.2. The van der Waals surface area contributed by atoms with Gasteiger partial charge in [0.05, 0.1) is 5.56 Å². The molecule has 0 aliphatic rings. The average Bonchev–Trinajstić information content (AvgIpc) is 2.03. The molecule has 0 saturated carbocycles. The van der Waals surface area contributed by atoms with Crippen LogP contribution in [-0.4, -0.2) is 4.98 Å². The maximum Gasteiger partial charge on any atom is 0.417 e. The number of rotatable bonds is 1. The Hall–Kier alpha value is -1.10. The quantitative estimate of drug-likeness (QED) is 0.736. The number of aromatic nitrogens is 1. The number of pyridine rings is 1. The lowest BCUT2D eigenvalue weighted by molar-refractivity contribution is -0.137. The Kier molecular flexibility index (Phi) is 2.56. The van der Waals surface area contributed by atoms with Crippen LogP contribution < -0.4 is 5.73 Å². The number of hydrogen-bond acceptors (Lipinski definition) is 2. The summed E-state index contributed by atoms with van der Waals surface area (Å²) in [4.78, 5) is 3.47. The summed E-state index contributed by atoms with van der Waals surface area (Å²) in [6.07, 6.45) is -2.23. The first-order chi connectivity index (χ1) is 5.91. The van der Waals surface area contributed by atoms with Gasteiger partial charge in [0.2, 0.25) is 0 Å². The highest BCUT2D eigenvalue weighted by molar-refractivity contribution is 5.22. The Morgan fingerprint density at radius 3 is 2.46 bits per heavy atom. The van der Waals surface area contributed by atoms with E-state index >= 15 is 0 Å². The molecule has 13 heavy (non-hydrogen) atoms. The SMILES string of the molecule is C[C@H](N)c1cncc(C(F)(F)F)c1. The van der Waals surface area contributed by atoms with Crippen molar-refractivity contribution in [2.75, 3.05) is 0 Å². The minimum atomic E-state index is -4.35. The van der Waals surface area contributed by atoms with Crippen LogP contribution in [0.3, 0.4) is 0 Å². The Morgan fingerprint density at radius 1 is 1.38 bits per heavy atom. The lowest BCUT2D eigenvalue weighted by atomic mass is 10.1. The molecule has 2 nitrogen and oxygen atoms in total. The number of halogens is 3. The molecule has 1 rings (SSSR count). The first-order valence-electron chi connectivity index (χ1n) is 3.69. The Morgan fingerprint density at radius 2 is 2.00 bits per heavy atom. The minimum absolute atomic E-state index is 0.384. The van der Waals surface area contributed by atoms with Crippen LogP contribution in [0.4, 0.5) is 13.2 Å². The normalized spacial score (nSPS) is 14.2. The zero-order valence-electron chi connectivity index (χ0n) is 6.97. The van der Waals surface area contributed by atoms with Crippen molar-refractivity contribution in [1.82, 2.24) is 4.98 Å². The number of nitrogens with two attached hydrogens (primary N) is 1. The van der Waals surface area contributed by atoms with Crippen molar-refractivity contribution in [3.63, 3.8) is 0 Å². The molecular weight excluding hydrogens is 181 g/mol. The van der Waals surface area contributed by atoms with Gasteiger partial charge in [-0.3, -0.25) is 4.98 Å². The van der Waals surface area contributed by atoms with E-state index in [2.05, 4.69) is 4.98 Å². The monoisotopic (exact) mass is 190 g/mol. The van der Waals surface area contributed by atoms with Crippen LogP contribution in [0.5, 0.6) is 0 Å². The molecule has 0 unspecified atom stereocenters. The average molecular weight is 190 g/mol. The van der Waals surface area contributed by atoms with E-state index in [1.54, 1.807) is 6.92 Å². The molecule has 1 heterocycles. The molecule has 0 aromatic carbocycles. The van der Waals surface area contributed by atoms with Crippen molar-refractivity contribution in [3.8, 4) is 0 Å². The summed E-state index contributed by atoms with van der Waals surface area (Å²) < 4.78 is 36.5. The van der Waals surface area contributed by atoms with Gasteiger partial charge in [-0.05, 0) is 18.6 Å². The second kappa shape index (κ2) is 3.33. The number of alkyl halides is 3. The number of nitrogens with zero attached hydrogens (tertiary/aromatic N) is 1. The fraction of sp³-hybridized carbons (Fsp3) is 0.375. The Bertz CT molecular complexity index is 294. The first-order valence-corrected chi connectivity index (χ1v) is 3.69. The number of hydrogen-bond donors (Lipinski definition) is 1. The molecule has 0 radical (unpaired) electrons. The minimum Gasteiger partial charge on any atom is -0.324 e. The van der Waals surface area contributed by atoms with Crippen molar-refractivity contribution >= 4 is 0 Å². The molecule has 0 aliphatic heterocycles. The van der Waals surface area contributed by atoms with Crippen LogP contribution in [0.15, 0.2) is 18.5 Å². The largest absolute Gasteiger partial charge is 0.417 e. The summed E-state index contributed by atoms with van der Waals surface area (Å²) in [7, 11) is 0. The van der Waals surface area contributed by atoms with Crippen LogP contribution in [0.25, 0.3) is 0 Å². The van der Waals surface area contributed by atoms with Crippen molar-refractivity contribution in [2.24, 2.45) is 5.73 Å². The van der Waals surface area contributed by atoms with E-state index in [9.17, 15) is 13.2 Å². The lowest BCUT2D eigenvalue weighted by Gasteiger charge is -2.09. The van der Waals surface area contributed by atoms with Gasteiger partial charge in [0.1, 0.15) is 0 Å². The van der Waals surface area contributed by atoms with Crippen LogP contribution in [0.1, 0.15) is 24.1 Å². The van der Waals surface area contributed by atoms with Gasteiger partial charge in [0, 0.05) is 18.4 Å². The van der Waals surface area contributed by atoms with Crippen LogP contribution in [0.2, 0.25) is 0 Å². The summed E-state index contributed by atoms with van der Waals surface area (Å²) in [5.74, 6) is 0. The molecule has 72 valence electrons. The zero-order chi connectivity index (χ0) is 10.1. The second-order valence-corrected chi connectivity index (χ2v) is 2.79. The fourth-order valence-corrected chi connectivity index (χ4v) is 0.862. The first kappa shape index (κ1) is 9.98. The summed E-state index contributed by atoms with van der Waals surface area (Å²) in [6.45, 7) is 1.61. The molecular formula is C8H9F3N2. The van der Waals surface area contributed by atoms with E-state index in [0.29, 0.717) is 5.56 Å². The fourth-order valence-electron chi connectivity index (χ4n) is 0.862. The van der Waals surface area contributed by atoms with E-state index in [4.69, 9.17) is 5.73 Å². The van der Waals surface area contributed by atoms with Gasteiger partial charge in [0.25, 0.3) is 0 Å².